The molecule has 2 aliphatic rings. The molecule has 0 aromatic carbocycles. The smallest absolute Gasteiger partial charge is 0.0378 e. The van der Waals surface area contributed by atoms with Gasteiger partial charge in [0.15, 0.2) is 0 Å². The molecule has 0 aliphatic carbocycles. The van der Waals surface area contributed by atoms with Crippen LogP contribution in [0.5, 0.6) is 0 Å². The first kappa shape index (κ1) is 12.9. The summed E-state index contributed by atoms with van der Waals surface area (Å²) in [6, 6.07) is 0.754. The van der Waals surface area contributed by atoms with E-state index in [2.05, 4.69) is 35.1 Å². The van der Waals surface area contributed by atoms with Crippen molar-refractivity contribution in [2.24, 2.45) is 0 Å². The Labute approximate surface area is 106 Å². The molecule has 3 heteroatoms. The predicted octanol–water partition coefficient (Wildman–Crippen LogP) is 1.62. The number of hydrogen-bond donors (Lipinski definition) is 0. The van der Waals surface area contributed by atoms with Gasteiger partial charge in [-0.15, -0.1) is 0 Å². The van der Waals surface area contributed by atoms with Gasteiger partial charge >= 0.3 is 0 Å². The fourth-order valence-corrected chi connectivity index (χ4v) is 3.09. The molecule has 0 aromatic rings. The molecule has 0 radical (unpaired) electrons. The average molecular weight is 237 g/mol. The van der Waals surface area contributed by atoms with Gasteiger partial charge in [-0.25, -0.2) is 0 Å². The number of piperidine rings is 1. The van der Waals surface area contributed by atoms with E-state index in [1.54, 1.807) is 0 Å². The van der Waals surface area contributed by atoms with E-state index in [1.807, 2.05) is 0 Å². The van der Waals surface area contributed by atoms with E-state index in [4.69, 9.17) is 0 Å². The number of likely N-dealkylation sites (tertiary alicyclic amines) is 1. The summed E-state index contributed by atoms with van der Waals surface area (Å²) in [6.45, 7) is 17.1. The van der Waals surface area contributed by atoms with Crippen LogP contribution in [0.25, 0.3) is 0 Å². The lowest BCUT2D eigenvalue weighted by Gasteiger charge is -2.45. The molecule has 2 saturated heterocycles. The molecule has 0 atom stereocenters. The van der Waals surface area contributed by atoms with Crippen molar-refractivity contribution < 1.29 is 0 Å². The minimum atomic E-state index is 0.754. The Morgan fingerprint density at radius 2 is 1.65 bits per heavy atom. The van der Waals surface area contributed by atoms with Crippen LogP contribution in [0.2, 0.25) is 0 Å². The Bertz CT molecular complexity index is 256. The van der Waals surface area contributed by atoms with Gasteiger partial charge in [-0.3, -0.25) is 4.90 Å². The lowest BCUT2D eigenvalue weighted by atomic mass is 10.0. The predicted molar refractivity (Wildman–Crippen MR) is 73.1 cm³/mol. The molecule has 0 aromatic heterocycles. The van der Waals surface area contributed by atoms with Gasteiger partial charge in [0.25, 0.3) is 0 Å². The van der Waals surface area contributed by atoms with Crippen LogP contribution in [-0.2, 0) is 0 Å². The van der Waals surface area contributed by atoms with Crippen molar-refractivity contribution in [1.29, 1.82) is 0 Å². The maximum absolute atomic E-state index is 4.28. The third-order valence-electron chi connectivity index (χ3n) is 4.36. The van der Waals surface area contributed by atoms with Gasteiger partial charge in [-0.2, -0.15) is 0 Å². The van der Waals surface area contributed by atoms with Crippen LogP contribution in [0.1, 0.15) is 26.7 Å². The van der Waals surface area contributed by atoms with Crippen LogP contribution in [0, 0.1) is 0 Å². The van der Waals surface area contributed by atoms with Gasteiger partial charge in [-0.05, 0) is 25.9 Å². The molecule has 98 valence electrons. The zero-order chi connectivity index (χ0) is 12.3. The third-order valence-corrected chi connectivity index (χ3v) is 4.36. The molecular weight excluding hydrogens is 210 g/mol. The lowest BCUT2D eigenvalue weighted by Crippen LogP contribution is -2.51. The van der Waals surface area contributed by atoms with Crippen molar-refractivity contribution in [2.75, 3.05) is 45.8 Å². The molecule has 2 aliphatic heterocycles. The van der Waals surface area contributed by atoms with Crippen LogP contribution < -0.4 is 0 Å². The molecule has 0 N–H and O–H groups in total. The van der Waals surface area contributed by atoms with E-state index >= 15 is 0 Å². The zero-order valence-electron chi connectivity index (χ0n) is 11.5. The fraction of sp³-hybridized carbons (Fsp3) is 0.857. The number of hydrogen-bond acceptors (Lipinski definition) is 3. The SMILES string of the molecule is C=C1CN(CC)CCN1C1CCN(CC)CC1. The number of rotatable bonds is 3. The first-order valence-corrected chi connectivity index (χ1v) is 7.13. The van der Waals surface area contributed by atoms with Gasteiger partial charge in [0.05, 0.1) is 0 Å². The van der Waals surface area contributed by atoms with E-state index in [0.717, 1.165) is 19.1 Å². The second-order valence-corrected chi connectivity index (χ2v) is 5.29. The van der Waals surface area contributed by atoms with Crippen LogP contribution >= 0.6 is 0 Å². The molecule has 0 unspecified atom stereocenters. The van der Waals surface area contributed by atoms with Crippen LogP contribution in [0.3, 0.4) is 0 Å². The summed E-state index contributed by atoms with van der Waals surface area (Å²) in [4.78, 5) is 7.63. The molecular formula is C14H27N3. The summed E-state index contributed by atoms with van der Waals surface area (Å²) >= 11 is 0. The van der Waals surface area contributed by atoms with Crippen molar-refractivity contribution >= 4 is 0 Å². The highest BCUT2D eigenvalue weighted by Gasteiger charge is 2.27. The third kappa shape index (κ3) is 3.02. The highest BCUT2D eigenvalue weighted by atomic mass is 15.3. The molecule has 0 spiro atoms. The molecule has 2 fully saturated rings. The van der Waals surface area contributed by atoms with Crippen LogP contribution in [0.4, 0.5) is 0 Å². The molecule has 2 heterocycles. The van der Waals surface area contributed by atoms with Crippen molar-refractivity contribution in [3.05, 3.63) is 12.3 Å². The first-order chi connectivity index (χ1) is 8.24. The molecule has 0 saturated carbocycles. The van der Waals surface area contributed by atoms with E-state index in [0.29, 0.717) is 0 Å². The second kappa shape index (κ2) is 5.87. The lowest BCUT2D eigenvalue weighted by molar-refractivity contribution is 0.0962. The Balaban J connectivity index is 1.85. The van der Waals surface area contributed by atoms with Gasteiger partial charge < -0.3 is 9.80 Å². The standard InChI is InChI=1S/C14H27N3/c1-4-15-8-6-14(7-9-15)17-11-10-16(5-2)12-13(17)3/h14H,3-12H2,1-2H3. The maximum atomic E-state index is 4.28. The summed E-state index contributed by atoms with van der Waals surface area (Å²) in [5.74, 6) is 0. The zero-order valence-corrected chi connectivity index (χ0v) is 11.5. The highest BCUT2D eigenvalue weighted by Crippen LogP contribution is 2.22. The number of nitrogens with zero attached hydrogens (tertiary/aromatic N) is 3. The average Bonchev–Trinajstić information content (AvgIpc) is 2.39. The van der Waals surface area contributed by atoms with Crippen molar-refractivity contribution in [1.82, 2.24) is 14.7 Å². The quantitative estimate of drug-likeness (QED) is 0.738. The Kier molecular flexibility index (Phi) is 4.46. The number of likely N-dealkylation sites (N-methyl/N-ethyl adjacent to an activating group) is 1. The topological polar surface area (TPSA) is 9.72 Å². The van der Waals surface area contributed by atoms with Crippen LogP contribution in [-0.4, -0.2) is 66.6 Å². The molecule has 2 rings (SSSR count). The van der Waals surface area contributed by atoms with E-state index < -0.39 is 0 Å². The van der Waals surface area contributed by atoms with Crippen LogP contribution in [0.15, 0.2) is 12.3 Å². The van der Waals surface area contributed by atoms with Crippen molar-refractivity contribution in [3.63, 3.8) is 0 Å². The Morgan fingerprint density at radius 3 is 2.18 bits per heavy atom. The van der Waals surface area contributed by atoms with E-state index in [-0.39, 0.29) is 0 Å². The van der Waals surface area contributed by atoms with Crippen molar-refractivity contribution in [2.45, 2.75) is 32.7 Å². The molecule has 0 bridgehead atoms. The molecule has 0 amide bonds. The van der Waals surface area contributed by atoms with Crippen molar-refractivity contribution in [3.8, 4) is 0 Å². The molecule has 3 nitrogen and oxygen atoms in total. The van der Waals surface area contributed by atoms with Gasteiger partial charge in [0.2, 0.25) is 0 Å². The maximum Gasteiger partial charge on any atom is 0.0378 e. The Hall–Kier alpha value is -0.540. The fourth-order valence-electron chi connectivity index (χ4n) is 3.09. The van der Waals surface area contributed by atoms with Gasteiger partial charge in [0, 0.05) is 44.5 Å². The number of piperazine rings is 1. The second-order valence-electron chi connectivity index (χ2n) is 5.29. The van der Waals surface area contributed by atoms with E-state index in [9.17, 15) is 0 Å². The minimum absolute atomic E-state index is 0.754. The summed E-state index contributed by atoms with van der Waals surface area (Å²) in [5, 5.41) is 0. The summed E-state index contributed by atoms with van der Waals surface area (Å²) in [6.07, 6.45) is 2.64. The largest absolute Gasteiger partial charge is 0.370 e. The summed E-state index contributed by atoms with van der Waals surface area (Å²) in [5.41, 5.74) is 1.34. The minimum Gasteiger partial charge on any atom is -0.370 e. The summed E-state index contributed by atoms with van der Waals surface area (Å²) in [7, 11) is 0. The van der Waals surface area contributed by atoms with Gasteiger partial charge in [0.1, 0.15) is 0 Å². The molecule has 17 heavy (non-hydrogen) atoms. The normalized spacial score (nSPS) is 25.5. The van der Waals surface area contributed by atoms with E-state index in [1.165, 1.54) is 51.3 Å². The summed E-state index contributed by atoms with van der Waals surface area (Å²) < 4.78 is 0. The monoisotopic (exact) mass is 237 g/mol. The first-order valence-electron chi connectivity index (χ1n) is 7.13. The van der Waals surface area contributed by atoms with Gasteiger partial charge in [-0.1, -0.05) is 20.4 Å². The highest BCUT2D eigenvalue weighted by molar-refractivity contribution is 5.04. The Morgan fingerprint density at radius 1 is 1.00 bits per heavy atom.